The van der Waals surface area contributed by atoms with Crippen molar-refractivity contribution < 1.29 is 14.2 Å². The summed E-state index contributed by atoms with van der Waals surface area (Å²) in [6.07, 6.45) is 10.2. The lowest BCUT2D eigenvalue weighted by atomic mass is 9.73. The van der Waals surface area contributed by atoms with Gasteiger partial charge in [0.05, 0.1) is 26.4 Å². The van der Waals surface area contributed by atoms with Crippen LogP contribution in [0.1, 0.15) is 43.6 Å². The van der Waals surface area contributed by atoms with E-state index in [4.69, 9.17) is 14.2 Å². The van der Waals surface area contributed by atoms with Crippen LogP contribution >= 0.6 is 0 Å². The summed E-state index contributed by atoms with van der Waals surface area (Å²) in [5.74, 6) is 2.16. The number of hydrogen-bond donors (Lipinski definition) is 0. The molecule has 0 amide bonds. The van der Waals surface area contributed by atoms with Gasteiger partial charge >= 0.3 is 0 Å². The Morgan fingerprint density at radius 3 is 2.71 bits per heavy atom. The molecule has 0 aromatic heterocycles. The first-order valence-electron chi connectivity index (χ1n) is 7.77. The predicted octanol–water partition coefficient (Wildman–Crippen LogP) is 4.08. The summed E-state index contributed by atoms with van der Waals surface area (Å²) in [5.41, 5.74) is 1.40. The molecule has 1 aromatic carbocycles. The molecule has 0 N–H and O–H groups in total. The summed E-state index contributed by atoms with van der Waals surface area (Å²) < 4.78 is 16.9. The third-order valence-corrected chi connectivity index (χ3v) is 4.82. The molecular formula is C18H24O3. The zero-order valence-corrected chi connectivity index (χ0v) is 12.9. The van der Waals surface area contributed by atoms with Gasteiger partial charge in [0.25, 0.3) is 0 Å². The van der Waals surface area contributed by atoms with Crippen LogP contribution in [0.4, 0.5) is 0 Å². The molecule has 1 aliphatic carbocycles. The molecule has 1 aliphatic heterocycles. The Bertz CT molecular complexity index is 523. The van der Waals surface area contributed by atoms with E-state index in [-0.39, 0.29) is 5.60 Å². The highest BCUT2D eigenvalue weighted by molar-refractivity contribution is 5.44. The van der Waals surface area contributed by atoms with Crippen molar-refractivity contribution in [3.63, 3.8) is 0 Å². The van der Waals surface area contributed by atoms with Crippen LogP contribution in [0.5, 0.6) is 11.5 Å². The Morgan fingerprint density at radius 2 is 2.00 bits per heavy atom. The Balaban J connectivity index is 1.81. The van der Waals surface area contributed by atoms with Crippen molar-refractivity contribution in [2.75, 3.05) is 20.8 Å². The summed E-state index contributed by atoms with van der Waals surface area (Å²) >= 11 is 0. The number of ether oxygens (including phenoxy) is 3. The van der Waals surface area contributed by atoms with Crippen molar-refractivity contribution in [2.45, 2.75) is 43.6 Å². The first kappa shape index (κ1) is 14.5. The molecule has 3 rings (SSSR count). The molecule has 21 heavy (non-hydrogen) atoms. The monoisotopic (exact) mass is 288 g/mol. The zero-order valence-electron chi connectivity index (χ0n) is 12.9. The normalized spacial score (nSPS) is 28.6. The van der Waals surface area contributed by atoms with Gasteiger partial charge < -0.3 is 14.2 Å². The average molecular weight is 288 g/mol. The van der Waals surface area contributed by atoms with Crippen molar-refractivity contribution in [1.82, 2.24) is 0 Å². The Kier molecular flexibility index (Phi) is 4.20. The maximum absolute atomic E-state index is 6.12. The molecule has 114 valence electrons. The van der Waals surface area contributed by atoms with E-state index in [0.717, 1.165) is 30.9 Å². The number of methoxy groups -OCH3 is 2. The van der Waals surface area contributed by atoms with E-state index >= 15 is 0 Å². The zero-order chi connectivity index (χ0) is 14.7. The van der Waals surface area contributed by atoms with Crippen molar-refractivity contribution in [2.24, 2.45) is 0 Å². The molecule has 2 atom stereocenters. The second-order valence-electron chi connectivity index (χ2n) is 6.08. The minimum atomic E-state index is 0.0603. The van der Waals surface area contributed by atoms with Gasteiger partial charge in [-0.15, -0.1) is 0 Å². The second-order valence-corrected chi connectivity index (χ2v) is 6.08. The second kappa shape index (κ2) is 6.10. The number of benzene rings is 1. The first-order chi connectivity index (χ1) is 10.3. The molecule has 1 saturated carbocycles. The third-order valence-electron chi connectivity index (χ3n) is 4.82. The fourth-order valence-corrected chi connectivity index (χ4v) is 3.68. The van der Waals surface area contributed by atoms with Gasteiger partial charge in [-0.3, -0.25) is 0 Å². The average Bonchev–Trinajstić information content (AvgIpc) is 2.55. The number of hydrogen-bond acceptors (Lipinski definition) is 3. The van der Waals surface area contributed by atoms with Gasteiger partial charge in [-0.1, -0.05) is 18.2 Å². The van der Waals surface area contributed by atoms with E-state index in [2.05, 4.69) is 24.3 Å². The van der Waals surface area contributed by atoms with Crippen molar-refractivity contribution >= 4 is 0 Å². The highest BCUT2D eigenvalue weighted by Gasteiger charge is 2.37. The molecule has 3 heteroatoms. The van der Waals surface area contributed by atoms with Gasteiger partial charge in [0.2, 0.25) is 0 Å². The van der Waals surface area contributed by atoms with Crippen LogP contribution in [0, 0.1) is 0 Å². The molecule has 0 unspecified atom stereocenters. The molecule has 3 nitrogen and oxygen atoms in total. The lowest BCUT2D eigenvalue weighted by Gasteiger charge is -2.42. The van der Waals surface area contributed by atoms with E-state index in [0.29, 0.717) is 5.92 Å². The lowest BCUT2D eigenvalue weighted by molar-refractivity contribution is -0.0669. The highest BCUT2D eigenvalue weighted by atomic mass is 16.5. The van der Waals surface area contributed by atoms with Gasteiger partial charge in [-0.05, 0) is 55.7 Å². The van der Waals surface area contributed by atoms with Crippen molar-refractivity contribution in [3.8, 4) is 11.5 Å². The molecule has 1 heterocycles. The first-order valence-corrected chi connectivity index (χ1v) is 7.77. The van der Waals surface area contributed by atoms with E-state index in [1.54, 1.807) is 14.2 Å². The van der Waals surface area contributed by atoms with Crippen LogP contribution in [0.3, 0.4) is 0 Å². The molecule has 0 radical (unpaired) electrons. The fraction of sp³-hybridized carbons (Fsp3) is 0.556. The predicted molar refractivity (Wildman–Crippen MR) is 83.2 cm³/mol. The van der Waals surface area contributed by atoms with Crippen molar-refractivity contribution in [1.29, 1.82) is 0 Å². The van der Waals surface area contributed by atoms with Crippen LogP contribution in [-0.4, -0.2) is 26.4 Å². The van der Waals surface area contributed by atoms with Crippen LogP contribution in [0.25, 0.3) is 0 Å². The van der Waals surface area contributed by atoms with E-state index < -0.39 is 0 Å². The smallest absolute Gasteiger partial charge is 0.160 e. The molecule has 1 aromatic rings. The molecule has 0 bridgehead atoms. The molecule has 2 aliphatic rings. The fourth-order valence-electron chi connectivity index (χ4n) is 3.68. The van der Waals surface area contributed by atoms with Crippen LogP contribution in [0.2, 0.25) is 0 Å². The SMILES string of the molecule is COc1ccc([C@H]2CCC[C@@]3(CC=CCO3)C2)cc1OC. The summed E-state index contributed by atoms with van der Waals surface area (Å²) in [5, 5.41) is 0. The Labute approximate surface area is 126 Å². The van der Waals surface area contributed by atoms with E-state index in [1.807, 2.05) is 6.07 Å². The Hall–Kier alpha value is -1.48. The van der Waals surface area contributed by atoms with Gasteiger partial charge in [0, 0.05) is 0 Å². The van der Waals surface area contributed by atoms with Crippen LogP contribution < -0.4 is 9.47 Å². The largest absolute Gasteiger partial charge is 0.493 e. The molecule has 1 fully saturated rings. The van der Waals surface area contributed by atoms with E-state index in [1.165, 1.54) is 24.8 Å². The number of rotatable bonds is 3. The Morgan fingerprint density at radius 1 is 1.14 bits per heavy atom. The van der Waals surface area contributed by atoms with Gasteiger partial charge in [0.15, 0.2) is 11.5 Å². The summed E-state index contributed by atoms with van der Waals surface area (Å²) in [6.45, 7) is 0.763. The van der Waals surface area contributed by atoms with Gasteiger partial charge in [-0.25, -0.2) is 0 Å². The quantitative estimate of drug-likeness (QED) is 0.784. The molecular weight excluding hydrogens is 264 g/mol. The molecule has 1 spiro atoms. The van der Waals surface area contributed by atoms with Crippen LogP contribution in [-0.2, 0) is 4.74 Å². The standard InChI is InChI=1S/C18H24O3/c1-19-16-8-7-14(12-17(16)20-2)15-6-5-10-18(13-15)9-3-4-11-21-18/h3-4,7-8,12,15H,5-6,9-11,13H2,1-2H3/t15-,18-/m0/s1. The van der Waals surface area contributed by atoms with Crippen molar-refractivity contribution in [3.05, 3.63) is 35.9 Å². The molecule has 0 saturated heterocycles. The van der Waals surface area contributed by atoms with Gasteiger partial charge in [0.1, 0.15) is 0 Å². The summed E-state index contributed by atoms with van der Waals surface area (Å²) in [4.78, 5) is 0. The summed E-state index contributed by atoms with van der Waals surface area (Å²) in [6, 6.07) is 6.31. The maximum atomic E-state index is 6.12. The summed E-state index contributed by atoms with van der Waals surface area (Å²) in [7, 11) is 3.37. The highest BCUT2D eigenvalue weighted by Crippen LogP contribution is 2.45. The maximum Gasteiger partial charge on any atom is 0.160 e. The lowest BCUT2D eigenvalue weighted by Crippen LogP contribution is -2.38. The third kappa shape index (κ3) is 2.93. The minimum Gasteiger partial charge on any atom is -0.493 e. The minimum absolute atomic E-state index is 0.0603. The van der Waals surface area contributed by atoms with Crippen LogP contribution in [0.15, 0.2) is 30.4 Å². The topological polar surface area (TPSA) is 27.7 Å². The van der Waals surface area contributed by atoms with E-state index in [9.17, 15) is 0 Å². The van der Waals surface area contributed by atoms with Gasteiger partial charge in [-0.2, -0.15) is 0 Å².